The molecule has 0 aliphatic heterocycles. The Bertz CT molecular complexity index is 126. The van der Waals surface area contributed by atoms with Gasteiger partial charge in [-0.15, -0.1) is 0 Å². The van der Waals surface area contributed by atoms with Crippen molar-refractivity contribution in [3.05, 3.63) is 6.92 Å². The zero-order valence-electron chi connectivity index (χ0n) is 11.4. The van der Waals surface area contributed by atoms with Crippen LogP contribution in [-0.4, -0.2) is 0 Å². The van der Waals surface area contributed by atoms with Gasteiger partial charge in [-0.3, -0.25) is 0 Å². The summed E-state index contributed by atoms with van der Waals surface area (Å²) < 4.78 is 0. The van der Waals surface area contributed by atoms with E-state index in [9.17, 15) is 0 Å². The molecule has 0 aromatic heterocycles. The quantitative estimate of drug-likeness (QED) is 0.443. The molecule has 0 heteroatoms. The smallest absolute Gasteiger partial charge is 0.0394 e. The Balaban J connectivity index is 3.34. The van der Waals surface area contributed by atoms with Crippen molar-refractivity contribution < 1.29 is 0 Å². The summed E-state index contributed by atoms with van der Waals surface area (Å²) in [4.78, 5) is 0. The molecule has 91 valence electrons. The van der Waals surface area contributed by atoms with Crippen LogP contribution in [0.3, 0.4) is 0 Å². The molecule has 0 rings (SSSR count). The third kappa shape index (κ3) is 7.88. The van der Waals surface area contributed by atoms with Crippen LogP contribution in [0.4, 0.5) is 0 Å². The van der Waals surface area contributed by atoms with Crippen molar-refractivity contribution in [2.75, 3.05) is 0 Å². The van der Waals surface area contributed by atoms with Gasteiger partial charge < -0.3 is 0 Å². The topological polar surface area (TPSA) is 0 Å². The Kier molecular flexibility index (Phi) is 9.24. The van der Waals surface area contributed by atoms with Gasteiger partial charge in [-0.2, -0.15) is 0 Å². The second-order valence-electron chi connectivity index (χ2n) is 5.49. The van der Waals surface area contributed by atoms with E-state index in [0.29, 0.717) is 0 Å². The van der Waals surface area contributed by atoms with Gasteiger partial charge >= 0.3 is 0 Å². The normalized spacial score (nSPS) is 15.6. The van der Waals surface area contributed by atoms with Crippen LogP contribution in [-0.2, 0) is 0 Å². The first-order chi connectivity index (χ1) is 7.09. The molecule has 2 atom stereocenters. The molecule has 0 amide bonds. The summed E-state index contributed by atoms with van der Waals surface area (Å²) in [5.74, 6) is 2.62. The van der Waals surface area contributed by atoms with E-state index in [1.54, 1.807) is 0 Å². The van der Waals surface area contributed by atoms with Crippen LogP contribution >= 0.6 is 0 Å². The standard InChI is InChI=1S/C15H31/c1-6-7-8-9-10-11-12-14(4)15(5)13(2)3/h13-15H,1,6-12H2,2-5H3. The molecule has 0 spiro atoms. The monoisotopic (exact) mass is 211 g/mol. The molecule has 15 heavy (non-hydrogen) atoms. The summed E-state index contributed by atoms with van der Waals surface area (Å²) in [5, 5.41) is 0. The van der Waals surface area contributed by atoms with Crippen molar-refractivity contribution in [3.8, 4) is 0 Å². The maximum absolute atomic E-state index is 3.87. The second-order valence-corrected chi connectivity index (χ2v) is 5.49. The van der Waals surface area contributed by atoms with Crippen LogP contribution in [0.25, 0.3) is 0 Å². The fourth-order valence-electron chi connectivity index (χ4n) is 2.09. The molecule has 0 aliphatic carbocycles. The van der Waals surface area contributed by atoms with E-state index in [-0.39, 0.29) is 0 Å². The van der Waals surface area contributed by atoms with Gasteiger partial charge in [0.05, 0.1) is 0 Å². The van der Waals surface area contributed by atoms with Crippen molar-refractivity contribution in [2.45, 2.75) is 72.6 Å². The van der Waals surface area contributed by atoms with Gasteiger partial charge in [0, 0.05) is 0 Å². The summed E-state index contributed by atoms with van der Waals surface area (Å²) in [6.45, 7) is 13.4. The average molecular weight is 211 g/mol. The van der Waals surface area contributed by atoms with Crippen LogP contribution in [0.1, 0.15) is 72.6 Å². The first kappa shape index (κ1) is 15.0. The minimum atomic E-state index is 0.839. The zero-order valence-corrected chi connectivity index (χ0v) is 11.4. The van der Waals surface area contributed by atoms with Gasteiger partial charge in [-0.05, 0) is 17.8 Å². The summed E-state index contributed by atoms with van der Waals surface area (Å²) in [7, 11) is 0. The fraction of sp³-hybridized carbons (Fsp3) is 0.933. The molecule has 0 saturated carbocycles. The molecule has 0 heterocycles. The molecule has 0 fully saturated rings. The zero-order chi connectivity index (χ0) is 11.7. The molecule has 0 saturated heterocycles. The van der Waals surface area contributed by atoms with Crippen LogP contribution in [0.5, 0.6) is 0 Å². The Morgan fingerprint density at radius 2 is 1.33 bits per heavy atom. The Labute approximate surface area is 97.8 Å². The van der Waals surface area contributed by atoms with Crippen molar-refractivity contribution in [2.24, 2.45) is 17.8 Å². The maximum atomic E-state index is 3.87. The van der Waals surface area contributed by atoms with Gasteiger partial charge in [0.2, 0.25) is 0 Å². The summed E-state index contributed by atoms with van der Waals surface area (Å²) >= 11 is 0. The van der Waals surface area contributed by atoms with Gasteiger partial charge in [0.1, 0.15) is 0 Å². The lowest BCUT2D eigenvalue weighted by atomic mass is 9.83. The lowest BCUT2D eigenvalue weighted by Gasteiger charge is -2.23. The number of hydrogen-bond acceptors (Lipinski definition) is 0. The van der Waals surface area contributed by atoms with E-state index in [2.05, 4.69) is 34.6 Å². The van der Waals surface area contributed by atoms with Crippen molar-refractivity contribution in [3.63, 3.8) is 0 Å². The van der Waals surface area contributed by atoms with E-state index in [1.165, 1.54) is 38.5 Å². The number of rotatable bonds is 9. The molecular formula is C15H31. The maximum Gasteiger partial charge on any atom is -0.0394 e. The molecule has 1 radical (unpaired) electrons. The van der Waals surface area contributed by atoms with Gasteiger partial charge in [0.25, 0.3) is 0 Å². The largest absolute Gasteiger partial charge is 0.0625 e. The van der Waals surface area contributed by atoms with Crippen LogP contribution in [0.2, 0.25) is 0 Å². The van der Waals surface area contributed by atoms with Gasteiger partial charge in [-0.1, -0.05) is 79.6 Å². The SMILES string of the molecule is [CH2]CCCCCCCC(C)C(C)C(C)C. The first-order valence-electron chi connectivity index (χ1n) is 6.88. The van der Waals surface area contributed by atoms with Crippen LogP contribution in [0.15, 0.2) is 0 Å². The van der Waals surface area contributed by atoms with Crippen molar-refractivity contribution >= 4 is 0 Å². The molecule has 0 aromatic rings. The third-order valence-corrected chi connectivity index (χ3v) is 3.86. The minimum Gasteiger partial charge on any atom is -0.0625 e. The summed E-state index contributed by atoms with van der Waals surface area (Å²) in [6, 6.07) is 0. The summed E-state index contributed by atoms with van der Waals surface area (Å²) in [6.07, 6.45) is 9.50. The summed E-state index contributed by atoms with van der Waals surface area (Å²) in [5.41, 5.74) is 0. The van der Waals surface area contributed by atoms with Gasteiger partial charge in [0.15, 0.2) is 0 Å². The molecule has 0 bridgehead atoms. The van der Waals surface area contributed by atoms with Gasteiger partial charge in [-0.25, -0.2) is 0 Å². The molecular weight excluding hydrogens is 180 g/mol. The Morgan fingerprint density at radius 3 is 1.87 bits per heavy atom. The van der Waals surface area contributed by atoms with E-state index in [1.807, 2.05) is 0 Å². The second kappa shape index (κ2) is 9.24. The van der Waals surface area contributed by atoms with E-state index in [4.69, 9.17) is 0 Å². The lowest BCUT2D eigenvalue weighted by Crippen LogP contribution is -2.14. The highest BCUT2D eigenvalue weighted by atomic mass is 14.2. The minimum absolute atomic E-state index is 0.839. The predicted octanol–water partition coefficient (Wildman–Crippen LogP) is 5.48. The number of unbranched alkanes of at least 4 members (excludes halogenated alkanes) is 5. The highest BCUT2D eigenvalue weighted by Gasteiger charge is 2.14. The Morgan fingerprint density at radius 1 is 0.800 bits per heavy atom. The first-order valence-corrected chi connectivity index (χ1v) is 6.88. The Hall–Kier alpha value is 0. The molecule has 2 unspecified atom stereocenters. The average Bonchev–Trinajstić information content (AvgIpc) is 2.21. The van der Waals surface area contributed by atoms with E-state index >= 15 is 0 Å². The molecule has 0 N–H and O–H groups in total. The molecule has 0 aromatic carbocycles. The molecule has 0 aliphatic rings. The third-order valence-electron chi connectivity index (χ3n) is 3.86. The van der Waals surface area contributed by atoms with E-state index < -0.39 is 0 Å². The van der Waals surface area contributed by atoms with E-state index in [0.717, 1.165) is 24.2 Å². The lowest BCUT2D eigenvalue weighted by molar-refractivity contribution is 0.275. The fourth-order valence-corrected chi connectivity index (χ4v) is 2.09. The number of hydrogen-bond donors (Lipinski definition) is 0. The predicted molar refractivity (Wildman–Crippen MR) is 70.8 cm³/mol. The van der Waals surface area contributed by atoms with Crippen molar-refractivity contribution in [1.29, 1.82) is 0 Å². The highest BCUT2D eigenvalue weighted by Crippen LogP contribution is 2.24. The molecule has 0 nitrogen and oxygen atoms in total. The highest BCUT2D eigenvalue weighted by molar-refractivity contribution is 4.65. The van der Waals surface area contributed by atoms with Crippen molar-refractivity contribution in [1.82, 2.24) is 0 Å². The van der Waals surface area contributed by atoms with Crippen LogP contribution in [0, 0.1) is 24.7 Å². The van der Waals surface area contributed by atoms with Crippen LogP contribution < -0.4 is 0 Å².